The van der Waals surface area contributed by atoms with Gasteiger partial charge in [0, 0.05) is 25.4 Å². The Morgan fingerprint density at radius 3 is 3.04 bits per heavy atom. The lowest BCUT2D eigenvalue weighted by Crippen LogP contribution is -2.32. The molecule has 2 heterocycles. The minimum Gasteiger partial charge on any atom is -0.495 e. The molecule has 0 aromatic heterocycles. The maximum absolute atomic E-state index is 12.6. The first-order valence-electron chi connectivity index (χ1n) is 8.69. The third kappa shape index (κ3) is 3.14. The Bertz CT molecular complexity index is 790. The summed E-state index contributed by atoms with van der Waals surface area (Å²) in [6, 6.07) is 13.8. The average molecular weight is 338 g/mol. The normalized spacial score (nSPS) is 18.6. The van der Waals surface area contributed by atoms with E-state index in [9.17, 15) is 4.79 Å². The van der Waals surface area contributed by atoms with Crippen LogP contribution in [0.4, 0.5) is 10.5 Å². The van der Waals surface area contributed by atoms with Gasteiger partial charge in [0.05, 0.1) is 19.4 Å². The lowest BCUT2D eigenvalue weighted by Gasteiger charge is -2.19. The molecule has 2 aromatic rings. The first kappa shape index (κ1) is 15.8. The molecule has 1 atom stereocenters. The van der Waals surface area contributed by atoms with Crippen LogP contribution in [0.15, 0.2) is 42.5 Å². The zero-order valence-corrected chi connectivity index (χ0v) is 14.3. The molecule has 1 saturated heterocycles. The van der Waals surface area contributed by atoms with Crippen LogP contribution < -0.4 is 14.8 Å². The van der Waals surface area contributed by atoms with E-state index in [1.54, 1.807) is 7.11 Å². The fraction of sp³-hybridized carbons (Fsp3) is 0.350. The molecule has 0 bridgehead atoms. The van der Waals surface area contributed by atoms with E-state index in [0.717, 1.165) is 38.3 Å². The molecule has 0 aliphatic carbocycles. The fourth-order valence-corrected chi connectivity index (χ4v) is 3.62. The maximum atomic E-state index is 12.6. The van der Waals surface area contributed by atoms with E-state index < -0.39 is 0 Å². The van der Waals surface area contributed by atoms with Gasteiger partial charge in [-0.15, -0.1) is 0 Å². The van der Waals surface area contributed by atoms with Crippen LogP contribution in [0.3, 0.4) is 0 Å². The summed E-state index contributed by atoms with van der Waals surface area (Å²) in [5.41, 5.74) is 3.29. The Morgan fingerprint density at radius 2 is 2.16 bits per heavy atom. The Morgan fingerprint density at radius 1 is 1.28 bits per heavy atom. The minimum atomic E-state index is -0.0727. The number of nitrogens with zero attached hydrogens (tertiary/aromatic N) is 1. The number of hydrogen-bond donors (Lipinski definition) is 1. The number of methoxy groups -OCH3 is 1. The van der Waals surface area contributed by atoms with E-state index in [1.165, 1.54) is 11.1 Å². The van der Waals surface area contributed by atoms with Crippen molar-refractivity contribution in [1.29, 1.82) is 0 Å². The highest BCUT2D eigenvalue weighted by Crippen LogP contribution is 2.33. The zero-order valence-electron chi connectivity index (χ0n) is 14.3. The second-order valence-electron chi connectivity index (χ2n) is 6.53. The largest absolute Gasteiger partial charge is 0.495 e. The molecule has 2 aromatic carbocycles. The maximum Gasteiger partial charge on any atom is 0.321 e. The van der Waals surface area contributed by atoms with E-state index in [4.69, 9.17) is 9.47 Å². The number of amides is 2. The summed E-state index contributed by atoms with van der Waals surface area (Å²) in [4.78, 5) is 14.5. The van der Waals surface area contributed by atoms with Crippen molar-refractivity contribution in [3.8, 4) is 11.5 Å². The van der Waals surface area contributed by atoms with Gasteiger partial charge in [0.15, 0.2) is 0 Å². The molecule has 0 radical (unpaired) electrons. The lowest BCUT2D eigenvalue weighted by atomic mass is 9.96. The topological polar surface area (TPSA) is 50.8 Å². The van der Waals surface area contributed by atoms with Crippen molar-refractivity contribution in [1.82, 2.24) is 4.90 Å². The van der Waals surface area contributed by atoms with Crippen LogP contribution in [0.2, 0.25) is 0 Å². The van der Waals surface area contributed by atoms with Crippen molar-refractivity contribution in [2.75, 3.05) is 32.1 Å². The molecule has 5 nitrogen and oxygen atoms in total. The van der Waals surface area contributed by atoms with Crippen molar-refractivity contribution < 1.29 is 14.3 Å². The van der Waals surface area contributed by atoms with Gasteiger partial charge in [0.1, 0.15) is 11.5 Å². The van der Waals surface area contributed by atoms with Crippen molar-refractivity contribution in [3.05, 3.63) is 53.6 Å². The monoisotopic (exact) mass is 338 g/mol. The second kappa shape index (κ2) is 6.67. The molecule has 0 spiro atoms. The van der Waals surface area contributed by atoms with Crippen LogP contribution in [0.1, 0.15) is 23.5 Å². The minimum absolute atomic E-state index is 0.0727. The molecule has 1 N–H and O–H groups in total. The highest BCUT2D eigenvalue weighted by atomic mass is 16.5. The SMILES string of the molecule is COc1ccccc1NC(=O)N1CCC(c2ccc3c(c2)CCO3)C1. The number of carbonyl (C=O) groups excluding carboxylic acids is 1. The van der Waals surface area contributed by atoms with Crippen LogP contribution in [0.25, 0.3) is 0 Å². The average Bonchev–Trinajstić information content (AvgIpc) is 3.30. The van der Waals surface area contributed by atoms with Gasteiger partial charge < -0.3 is 19.7 Å². The number of rotatable bonds is 3. The molecule has 4 rings (SSSR count). The summed E-state index contributed by atoms with van der Waals surface area (Å²) in [7, 11) is 1.61. The quantitative estimate of drug-likeness (QED) is 0.929. The summed E-state index contributed by atoms with van der Waals surface area (Å²) < 4.78 is 10.9. The standard InChI is InChI=1S/C20H22N2O3/c1-24-19-5-3-2-4-17(19)21-20(23)22-10-8-16(13-22)14-6-7-18-15(12-14)9-11-25-18/h2-7,12,16H,8-11,13H2,1H3,(H,21,23). The molecule has 1 fully saturated rings. The number of ether oxygens (including phenoxy) is 2. The number of hydrogen-bond acceptors (Lipinski definition) is 3. The predicted molar refractivity (Wildman–Crippen MR) is 96.6 cm³/mol. The Balaban J connectivity index is 1.42. The summed E-state index contributed by atoms with van der Waals surface area (Å²) >= 11 is 0. The summed E-state index contributed by atoms with van der Waals surface area (Å²) in [5.74, 6) is 2.06. The van der Waals surface area contributed by atoms with Gasteiger partial charge in [-0.2, -0.15) is 0 Å². The van der Waals surface area contributed by atoms with Crippen LogP contribution in [-0.4, -0.2) is 37.7 Å². The number of likely N-dealkylation sites (tertiary alicyclic amines) is 1. The number of fused-ring (bicyclic) bond motifs is 1. The molecule has 2 aliphatic rings. The van der Waals surface area contributed by atoms with Crippen LogP contribution in [0.5, 0.6) is 11.5 Å². The van der Waals surface area contributed by atoms with Crippen molar-refractivity contribution in [3.63, 3.8) is 0 Å². The summed E-state index contributed by atoms with van der Waals surface area (Å²) in [6.45, 7) is 2.27. The van der Waals surface area contributed by atoms with E-state index >= 15 is 0 Å². The van der Waals surface area contributed by atoms with Gasteiger partial charge in [-0.3, -0.25) is 0 Å². The Labute approximate surface area is 147 Å². The van der Waals surface area contributed by atoms with Gasteiger partial charge >= 0.3 is 6.03 Å². The molecule has 1 unspecified atom stereocenters. The Kier molecular flexibility index (Phi) is 4.22. The first-order chi connectivity index (χ1) is 12.2. The summed E-state index contributed by atoms with van der Waals surface area (Å²) in [5, 5.41) is 2.96. The highest BCUT2D eigenvalue weighted by Gasteiger charge is 2.28. The number of anilines is 1. The van der Waals surface area contributed by atoms with Crippen LogP contribution in [-0.2, 0) is 6.42 Å². The molecule has 0 saturated carbocycles. The highest BCUT2D eigenvalue weighted by molar-refractivity contribution is 5.91. The second-order valence-corrected chi connectivity index (χ2v) is 6.53. The third-order valence-corrected chi connectivity index (χ3v) is 5.01. The lowest BCUT2D eigenvalue weighted by molar-refractivity contribution is 0.222. The van der Waals surface area contributed by atoms with Gasteiger partial charge in [-0.1, -0.05) is 24.3 Å². The fourth-order valence-electron chi connectivity index (χ4n) is 3.62. The first-order valence-corrected chi connectivity index (χ1v) is 8.69. The Hall–Kier alpha value is -2.69. The van der Waals surface area contributed by atoms with Crippen LogP contribution in [0, 0.1) is 0 Å². The molecular weight excluding hydrogens is 316 g/mol. The van der Waals surface area contributed by atoms with Crippen LogP contribution >= 0.6 is 0 Å². The van der Waals surface area contributed by atoms with Gasteiger partial charge in [-0.05, 0) is 35.7 Å². The number of nitrogens with one attached hydrogen (secondary N) is 1. The van der Waals surface area contributed by atoms with E-state index in [2.05, 4.69) is 23.5 Å². The predicted octanol–water partition coefficient (Wildman–Crippen LogP) is 3.65. The van der Waals surface area contributed by atoms with Gasteiger partial charge in [0.2, 0.25) is 0 Å². The molecule has 2 aliphatic heterocycles. The summed E-state index contributed by atoms with van der Waals surface area (Å²) in [6.07, 6.45) is 1.97. The third-order valence-electron chi connectivity index (χ3n) is 5.01. The van der Waals surface area contributed by atoms with E-state index in [1.807, 2.05) is 29.2 Å². The number of urea groups is 1. The van der Waals surface area contributed by atoms with Gasteiger partial charge in [-0.25, -0.2) is 4.79 Å². The molecular formula is C20H22N2O3. The zero-order chi connectivity index (χ0) is 17.2. The smallest absolute Gasteiger partial charge is 0.321 e. The number of carbonyl (C=O) groups is 1. The molecule has 2 amide bonds. The number of para-hydroxylation sites is 2. The van der Waals surface area contributed by atoms with Crippen molar-refractivity contribution in [2.45, 2.75) is 18.8 Å². The van der Waals surface area contributed by atoms with E-state index in [-0.39, 0.29) is 6.03 Å². The molecule has 5 heteroatoms. The number of benzene rings is 2. The van der Waals surface area contributed by atoms with Crippen molar-refractivity contribution in [2.24, 2.45) is 0 Å². The van der Waals surface area contributed by atoms with Gasteiger partial charge in [0.25, 0.3) is 0 Å². The molecule has 130 valence electrons. The molecule has 25 heavy (non-hydrogen) atoms. The van der Waals surface area contributed by atoms with Crippen molar-refractivity contribution >= 4 is 11.7 Å². The van der Waals surface area contributed by atoms with E-state index in [0.29, 0.717) is 17.4 Å².